The molecule has 1 aliphatic rings. The van der Waals surface area contributed by atoms with Crippen LogP contribution in [-0.4, -0.2) is 53.7 Å². The number of carbonyl (C=O) groups is 3. The molecular weight excluding hydrogens is 482 g/mol. The molecule has 1 aliphatic heterocycles. The Morgan fingerprint density at radius 1 is 1.11 bits per heavy atom. The predicted octanol–water partition coefficient (Wildman–Crippen LogP) is 3.00. The van der Waals surface area contributed by atoms with Crippen LogP contribution in [0.3, 0.4) is 0 Å². The first kappa shape index (κ1) is 26.2. The van der Waals surface area contributed by atoms with Gasteiger partial charge in [0.25, 0.3) is 5.69 Å². The molecule has 0 aliphatic carbocycles. The normalized spacial score (nSPS) is 19.0. The molecule has 2 aromatic rings. The number of aromatic hydroxyl groups is 1. The Kier molecular flexibility index (Phi) is 8.62. The van der Waals surface area contributed by atoms with Gasteiger partial charge >= 0.3 is 18.1 Å². The largest absolute Gasteiger partial charge is 0.514 e. The molecule has 0 spiro atoms. The van der Waals surface area contributed by atoms with Crippen LogP contribution in [0.1, 0.15) is 25.3 Å². The van der Waals surface area contributed by atoms with Crippen molar-refractivity contribution >= 4 is 23.8 Å². The number of hydrogen-bond donors (Lipinski definition) is 1. The van der Waals surface area contributed by atoms with Crippen molar-refractivity contribution < 1.29 is 52.8 Å². The SMILES string of the molecule is COC(=O)[C@@H]1CC(OC(C)=O)CC(Oc2ccc(COC(=O)Oc3ccc([N+](=O)[O-])cc3)c(O)c2)O1. The minimum Gasteiger partial charge on any atom is -0.507 e. The summed E-state index contributed by atoms with van der Waals surface area (Å²) >= 11 is 0. The highest BCUT2D eigenvalue weighted by molar-refractivity contribution is 5.75. The lowest BCUT2D eigenvalue weighted by atomic mass is 10.0. The highest BCUT2D eigenvalue weighted by Gasteiger charge is 2.37. The van der Waals surface area contributed by atoms with Gasteiger partial charge in [-0.05, 0) is 24.3 Å². The molecule has 36 heavy (non-hydrogen) atoms. The molecule has 192 valence electrons. The van der Waals surface area contributed by atoms with Crippen LogP contribution in [-0.2, 0) is 35.1 Å². The van der Waals surface area contributed by atoms with Crippen LogP contribution in [0.2, 0.25) is 0 Å². The van der Waals surface area contributed by atoms with Gasteiger partial charge in [-0.2, -0.15) is 0 Å². The number of phenols is 1. The maximum atomic E-state index is 11.9. The average Bonchev–Trinajstić information content (AvgIpc) is 2.82. The third-order valence-electron chi connectivity index (χ3n) is 4.96. The number of phenolic OH excluding ortho intramolecular Hbond substituents is 1. The maximum Gasteiger partial charge on any atom is 0.514 e. The summed E-state index contributed by atoms with van der Waals surface area (Å²) in [6, 6.07) is 9.00. The molecule has 0 bridgehead atoms. The Bertz CT molecular complexity index is 1120. The van der Waals surface area contributed by atoms with Crippen molar-refractivity contribution in [3.63, 3.8) is 0 Å². The van der Waals surface area contributed by atoms with Crippen LogP contribution in [0.4, 0.5) is 10.5 Å². The smallest absolute Gasteiger partial charge is 0.507 e. The van der Waals surface area contributed by atoms with Crippen LogP contribution in [0.5, 0.6) is 17.2 Å². The highest BCUT2D eigenvalue weighted by atomic mass is 16.7. The number of esters is 2. The van der Waals surface area contributed by atoms with E-state index in [1.807, 2.05) is 0 Å². The van der Waals surface area contributed by atoms with Crippen LogP contribution in [0, 0.1) is 10.1 Å². The van der Waals surface area contributed by atoms with E-state index in [9.17, 15) is 29.6 Å². The van der Waals surface area contributed by atoms with Gasteiger partial charge in [-0.3, -0.25) is 14.9 Å². The average molecular weight is 505 g/mol. The summed E-state index contributed by atoms with van der Waals surface area (Å²) in [6.07, 6.45) is -3.42. The zero-order valence-corrected chi connectivity index (χ0v) is 19.3. The molecule has 13 nitrogen and oxygen atoms in total. The van der Waals surface area contributed by atoms with E-state index in [-0.39, 0.29) is 47.9 Å². The van der Waals surface area contributed by atoms with Gasteiger partial charge in [-0.15, -0.1) is 0 Å². The first-order valence-electron chi connectivity index (χ1n) is 10.6. The Hall–Kier alpha value is -4.39. The van der Waals surface area contributed by atoms with Gasteiger partial charge in [0.2, 0.25) is 6.29 Å². The fourth-order valence-corrected chi connectivity index (χ4v) is 3.32. The molecule has 3 rings (SSSR count). The Morgan fingerprint density at radius 3 is 2.42 bits per heavy atom. The molecule has 1 saturated heterocycles. The van der Waals surface area contributed by atoms with E-state index in [2.05, 4.69) is 0 Å². The minimum absolute atomic E-state index is 0.0448. The van der Waals surface area contributed by atoms with E-state index in [1.165, 1.54) is 56.5 Å². The molecule has 0 radical (unpaired) electrons. The molecule has 1 fully saturated rings. The van der Waals surface area contributed by atoms with E-state index in [0.29, 0.717) is 0 Å². The second-order valence-corrected chi connectivity index (χ2v) is 7.58. The van der Waals surface area contributed by atoms with E-state index in [1.54, 1.807) is 0 Å². The number of nitro groups is 1. The fourth-order valence-electron chi connectivity index (χ4n) is 3.32. The van der Waals surface area contributed by atoms with Gasteiger partial charge in [0.15, 0.2) is 6.10 Å². The second-order valence-electron chi connectivity index (χ2n) is 7.58. The van der Waals surface area contributed by atoms with Crippen molar-refractivity contribution in [1.82, 2.24) is 0 Å². The number of nitrogens with zero attached hydrogens (tertiary/aromatic N) is 1. The van der Waals surface area contributed by atoms with Gasteiger partial charge in [-0.1, -0.05) is 0 Å². The van der Waals surface area contributed by atoms with E-state index in [0.717, 1.165) is 0 Å². The lowest BCUT2D eigenvalue weighted by Gasteiger charge is -2.33. The molecule has 2 aromatic carbocycles. The van der Waals surface area contributed by atoms with Gasteiger partial charge in [0.1, 0.15) is 30.0 Å². The molecule has 1 heterocycles. The number of hydrogen-bond acceptors (Lipinski definition) is 12. The van der Waals surface area contributed by atoms with Crippen molar-refractivity contribution in [2.75, 3.05) is 7.11 Å². The topological polar surface area (TPSA) is 170 Å². The quantitative estimate of drug-likeness (QED) is 0.183. The number of rotatable bonds is 8. The number of benzene rings is 2. The Labute approximate surface area is 204 Å². The first-order valence-corrected chi connectivity index (χ1v) is 10.6. The summed E-state index contributed by atoms with van der Waals surface area (Å²) in [5.74, 6) is -1.19. The first-order chi connectivity index (χ1) is 17.1. The van der Waals surface area contributed by atoms with Gasteiger partial charge in [0, 0.05) is 43.5 Å². The third-order valence-corrected chi connectivity index (χ3v) is 4.96. The van der Waals surface area contributed by atoms with Crippen molar-refractivity contribution in [2.24, 2.45) is 0 Å². The zero-order valence-electron chi connectivity index (χ0n) is 19.3. The summed E-state index contributed by atoms with van der Waals surface area (Å²) < 4.78 is 31.1. The molecule has 3 atom stereocenters. The third kappa shape index (κ3) is 7.30. The number of methoxy groups -OCH3 is 1. The summed E-state index contributed by atoms with van der Waals surface area (Å²) in [4.78, 5) is 45.2. The Morgan fingerprint density at radius 2 is 1.81 bits per heavy atom. The van der Waals surface area contributed by atoms with Crippen LogP contribution < -0.4 is 9.47 Å². The van der Waals surface area contributed by atoms with E-state index >= 15 is 0 Å². The highest BCUT2D eigenvalue weighted by Crippen LogP contribution is 2.29. The van der Waals surface area contributed by atoms with Gasteiger partial charge in [0.05, 0.1) is 12.0 Å². The summed E-state index contributed by atoms with van der Waals surface area (Å²) in [6.45, 7) is 0.913. The van der Waals surface area contributed by atoms with E-state index in [4.69, 9.17) is 28.4 Å². The number of non-ortho nitro benzene ring substituents is 1. The summed E-state index contributed by atoms with van der Waals surface area (Å²) in [5, 5.41) is 21.0. The summed E-state index contributed by atoms with van der Waals surface area (Å²) in [7, 11) is 1.21. The van der Waals surface area contributed by atoms with Gasteiger partial charge in [-0.25, -0.2) is 9.59 Å². The van der Waals surface area contributed by atoms with Crippen molar-refractivity contribution in [2.45, 2.75) is 44.9 Å². The van der Waals surface area contributed by atoms with Crippen molar-refractivity contribution in [3.8, 4) is 17.2 Å². The van der Waals surface area contributed by atoms with Crippen LogP contribution >= 0.6 is 0 Å². The molecular formula is C23H23NO12. The van der Waals surface area contributed by atoms with Crippen LogP contribution in [0.25, 0.3) is 0 Å². The summed E-state index contributed by atoms with van der Waals surface area (Å²) in [5.41, 5.74) is 0.0714. The Balaban J connectivity index is 1.56. The molecule has 13 heteroatoms. The van der Waals surface area contributed by atoms with Gasteiger partial charge < -0.3 is 33.5 Å². The number of carbonyl (C=O) groups excluding carboxylic acids is 3. The number of nitro benzene ring substituents is 1. The van der Waals surface area contributed by atoms with Crippen molar-refractivity contribution in [3.05, 3.63) is 58.1 Å². The molecule has 1 N–H and O–H groups in total. The predicted molar refractivity (Wildman–Crippen MR) is 118 cm³/mol. The monoisotopic (exact) mass is 505 g/mol. The molecule has 0 aromatic heterocycles. The standard InChI is InChI=1S/C23H23NO12/c1-13(25)33-18-10-20(22(27)31-2)36-21(11-18)34-17-6-3-14(19(26)9-17)12-32-23(28)35-16-7-4-15(5-8-16)24(29)30/h3-9,18,20-21,26H,10-12H2,1-2H3/t18?,20-,21?/m0/s1. The van der Waals surface area contributed by atoms with E-state index < -0.39 is 41.5 Å². The minimum atomic E-state index is -1.08. The van der Waals surface area contributed by atoms with Crippen LogP contribution in [0.15, 0.2) is 42.5 Å². The van der Waals surface area contributed by atoms with Crippen molar-refractivity contribution in [1.29, 1.82) is 0 Å². The fraction of sp³-hybridized carbons (Fsp3) is 0.348. The second kappa shape index (κ2) is 11.8. The molecule has 2 unspecified atom stereocenters. The maximum absolute atomic E-state index is 11.9. The molecule has 0 amide bonds. The lowest BCUT2D eigenvalue weighted by Crippen LogP contribution is -2.44. The molecule has 0 saturated carbocycles. The zero-order chi connectivity index (χ0) is 26.2. The number of ether oxygens (including phenoxy) is 6. The lowest BCUT2D eigenvalue weighted by molar-refractivity contribution is -0.384.